The topological polar surface area (TPSA) is 64.1 Å². The summed E-state index contributed by atoms with van der Waals surface area (Å²) in [7, 11) is 0. The van der Waals surface area contributed by atoms with E-state index in [1.54, 1.807) is 12.3 Å². The van der Waals surface area contributed by atoms with E-state index in [2.05, 4.69) is 28.5 Å². The van der Waals surface area contributed by atoms with Gasteiger partial charge in [-0.3, -0.25) is 4.98 Å². The second-order valence-electron chi connectivity index (χ2n) is 6.51. The molecule has 6 heteroatoms. The van der Waals surface area contributed by atoms with Crippen LogP contribution in [-0.2, 0) is 0 Å². The van der Waals surface area contributed by atoms with Gasteiger partial charge in [-0.15, -0.1) is 0 Å². The predicted octanol–water partition coefficient (Wildman–Crippen LogP) is 6.23. The number of furan rings is 1. The summed E-state index contributed by atoms with van der Waals surface area (Å²) < 4.78 is 19.2. The number of nitrogen functional groups attached to an aromatic ring is 1. The van der Waals surface area contributed by atoms with Crippen LogP contribution in [-0.4, -0.2) is 4.98 Å². The van der Waals surface area contributed by atoms with Crippen molar-refractivity contribution in [2.24, 2.45) is 0 Å². The Morgan fingerprint density at radius 1 is 1.07 bits per heavy atom. The van der Waals surface area contributed by atoms with Gasteiger partial charge in [-0.1, -0.05) is 28.8 Å². The molecule has 0 spiro atoms. The minimum absolute atomic E-state index is 0.0314. The van der Waals surface area contributed by atoms with Gasteiger partial charge in [-0.2, -0.15) is 0 Å². The first kappa shape index (κ1) is 17.4. The molecule has 2 aromatic carbocycles. The zero-order valence-electron chi connectivity index (χ0n) is 14.8. The van der Waals surface area contributed by atoms with E-state index in [-0.39, 0.29) is 10.9 Å². The highest BCUT2D eigenvalue weighted by Gasteiger charge is 2.17. The Labute approximate surface area is 160 Å². The van der Waals surface area contributed by atoms with Gasteiger partial charge < -0.3 is 15.5 Å². The van der Waals surface area contributed by atoms with Crippen LogP contribution in [0.1, 0.15) is 11.1 Å². The summed E-state index contributed by atoms with van der Waals surface area (Å²) in [6, 6.07) is 12.4. The van der Waals surface area contributed by atoms with Crippen LogP contribution in [0.25, 0.3) is 22.2 Å². The zero-order chi connectivity index (χ0) is 19.1. The number of hydrogen-bond donors (Lipinski definition) is 2. The minimum atomic E-state index is -0.478. The molecular weight excluding hydrogens is 365 g/mol. The average Bonchev–Trinajstić information content (AvgIpc) is 2.93. The van der Waals surface area contributed by atoms with Gasteiger partial charge in [0.1, 0.15) is 17.2 Å². The van der Waals surface area contributed by atoms with E-state index in [1.807, 2.05) is 19.9 Å². The van der Waals surface area contributed by atoms with Crippen molar-refractivity contribution >= 4 is 39.8 Å². The molecule has 4 nitrogen and oxygen atoms in total. The molecule has 4 aromatic rings. The van der Waals surface area contributed by atoms with E-state index in [1.165, 1.54) is 12.1 Å². The molecule has 2 heterocycles. The summed E-state index contributed by atoms with van der Waals surface area (Å²) in [5, 5.41) is 3.99. The van der Waals surface area contributed by atoms with E-state index in [0.717, 1.165) is 27.8 Å². The molecule has 0 radical (unpaired) electrons. The Balaban J connectivity index is 1.84. The smallest absolute Gasteiger partial charge is 0.215 e. The number of benzene rings is 2. The first-order valence-corrected chi connectivity index (χ1v) is 8.78. The molecule has 0 amide bonds. The highest BCUT2D eigenvalue weighted by atomic mass is 35.5. The minimum Gasteiger partial charge on any atom is -0.436 e. The third-order valence-electron chi connectivity index (χ3n) is 4.32. The molecule has 0 aliphatic carbocycles. The molecule has 0 aliphatic heterocycles. The van der Waals surface area contributed by atoms with Crippen LogP contribution < -0.4 is 11.1 Å². The summed E-state index contributed by atoms with van der Waals surface area (Å²) in [5.41, 5.74) is 11.9. The molecule has 0 aliphatic rings. The van der Waals surface area contributed by atoms with E-state index in [9.17, 15) is 4.39 Å². The molecule has 0 saturated heterocycles. The molecule has 0 bridgehead atoms. The summed E-state index contributed by atoms with van der Waals surface area (Å²) in [4.78, 5) is 4.50. The van der Waals surface area contributed by atoms with Crippen LogP contribution in [0.4, 0.5) is 21.6 Å². The number of nitrogens with two attached hydrogens (primary N) is 1. The van der Waals surface area contributed by atoms with E-state index >= 15 is 0 Å². The molecule has 0 unspecified atom stereocenters. The Hall–Kier alpha value is -3.05. The number of aryl methyl sites for hydroxylation is 2. The van der Waals surface area contributed by atoms with Crippen molar-refractivity contribution in [2.75, 3.05) is 11.1 Å². The maximum absolute atomic E-state index is 13.4. The number of nitrogens with one attached hydrogen (secondary N) is 1. The molecule has 4 rings (SSSR count). The quantitative estimate of drug-likeness (QED) is 0.441. The summed E-state index contributed by atoms with van der Waals surface area (Å²) in [6.07, 6.45) is 1.72. The zero-order valence-corrected chi connectivity index (χ0v) is 15.6. The molecule has 2 aromatic heterocycles. The highest BCUT2D eigenvalue weighted by Crippen LogP contribution is 2.39. The van der Waals surface area contributed by atoms with Crippen molar-refractivity contribution in [3.63, 3.8) is 0 Å². The van der Waals surface area contributed by atoms with Gasteiger partial charge >= 0.3 is 0 Å². The number of nitrogens with zero attached hydrogens (tertiary/aromatic N) is 1. The van der Waals surface area contributed by atoms with Gasteiger partial charge in [0.05, 0.1) is 10.4 Å². The third-order valence-corrected chi connectivity index (χ3v) is 4.61. The molecular formula is C21H17ClFN3O. The fourth-order valence-electron chi connectivity index (χ4n) is 3.21. The van der Waals surface area contributed by atoms with Crippen molar-refractivity contribution in [1.82, 2.24) is 4.98 Å². The van der Waals surface area contributed by atoms with Crippen molar-refractivity contribution in [3.05, 3.63) is 70.6 Å². The second-order valence-corrected chi connectivity index (χ2v) is 6.92. The number of halogens is 2. The summed E-state index contributed by atoms with van der Waals surface area (Å²) in [5.74, 6) is -0.252. The SMILES string of the molecule is Cc1cc(C)cc(-c2nccc3c(Nc4ccc(F)c(Cl)c4)c(N)oc23)c1. The average molecular weight is 382 g/mol. The maximum Gasteiger partial charge on any atom is 0.215 e. The van der Waals surface area contributed by atoms with Gasteiger partial charge in [0.2, 0.25) is 5.88 Å². The molecule has 0 fully saturated rings. The number of aromatic nitrogens is 1. The van der Waals surface area contributed by atoms with Gasteiger partial charge in [0.25, 0.3) is 0 Å². The molecule has 3 N–H and O–H groups in total. The summed E-state index contributed by atoms with van der Waals surface area (Å²) >= 11 is 5.87. The number of rotatable bonds is 3. The van der Waals surface area contributed by atoms with E-state index < -0.39 is 5.82 Å². The van der Waals surface area contributed by atoms with E-state index in [4.69, 9.17) is 21.8 Å². The lowest BCUT2D eigenvalue weighted by Gasteiger charge is -2.07. The number of fused-ring (bicyclic) bond motifs is 1. The van der Waals surface area contributed by atoms with Crippen molar-refractivity contribution in [1.29, 1.82) is 0 Å². The van der Waals surface area contributed by atoms with Crippen LogP contribution in [0.5, 0.6) is 0 Å². The van der Waals surface area contributed by atoms with Gasteiger partial charge in [-0.05, 0) is 50.2 Å². The monoisotopic (exact) mass is 381 g/mol. The largest absolute Gasteiger partial charge is 0.436 e. The van der Waals surface area contributed by atoms with E-state index in [0.29, 0.717) is 17.0 Å². The molecule has 136 valence electrons. The van der Waals surface area contributed by atoms with Crippen molar-refractivity contribution in [2.45, 2.75) is 13.8 Å². The van der Waals surface area contributed by atoms with Crippen LogP contribution in [0.2, 0.25) is 5.02 Å². The van der Waals surface area contributed by atoms with Crippen LogP contribution in [0, 0.1) is 19.7 Å². The van der Waals surface area contributed by atoms with Gasteiger partial charge in [0.15, 0.2) is 5.58 Å². The molecule has 0 saturated carbocycles. The first-order valence-electron chi connectivity index (χ1n) is 8.40. The molecule has 0 atom stereocenters. The normalized spacial score (nSPS) is 11.1. The van der Waals surface area contributed by atoms with Crippen LogP contribution >= 0.6 is 11.6 Å². The summed E-state index contributed by atoms with van der Waals surface area (Å²) in [6.45, 7) is 4.08. The maximum atomic E-state index is 13.4. The Morgan fingerprint density at radius 3 is 2.52 bits per heavy atom. The Bertz CT molecular complexity index is 1150. The number of hydrogen-bond acceptors (Lipinski definition) is 4. The van der Waals surface area contributed by atoms with Crippen LogP contribution in [0.3, 0.4) is 0 Å². The standard InChI is InChI=1S/C21H17ClFN3O/c1-11-7-12(2)9-13(8-11)18-20-15(5-6-25-18)19(21(24)27-20)26-14-3-4-17(23)16(22)10-14/h3-10,26H,24H2,1-2H3. The third kappa shape index (κ3) is 3.22. The fraction of sp³-hybridized carbons (Fsp3) is 0.0952. The van der Waals surface area contributed by atoms with Crippen molar-refractivity contribution in [3.8, 4) is 11.3 Å². The van der Waals surface area contributed by atoms with Crippen LogP contribution in [0.15, 0.2) is 53.1 Å². The predicted molar refractivity (Wildman–Crippen MR) is 108 cm³/mol. The van der Waals surface area contributed by atoms with Gasteiger partial charge in [0, 0.05) is 17.4 Å². The second kappa shape index (κ2) is 6.59. The highest BCUT2D eigenvalue weighted by molar-refractivity contribution is 6.31. The lowest BCUT2D eigenvalue weighted by atomic mass is 10.0. The Morgan fingerprint density at radius 2 is 1.81 bits per heavy atom. The Kier molecular flexibility index (Phi) is 4.24. The lowest BCUT2D eigenvalue weighted by molar-refractivity contribution is 0.628. The van der Waals surface area contributed by atoms with Gasteiger partial charge in [-0.25, -0.2) is 4.39 Å². The molecule has 27 heavy (non-hydrogen) atoms. The first-order chi connectivity index (χ1) is 12.9. The number of anilines is 3. The fourth-order valence-corrected chi connectivity index (χ4v) is 3.39. The van der Waals surface area contributed by atoms with Crippen molar-refractivity contribution < 1.29 is 8.81 Å². The lowest BCUT2D eigenvalue weighted by Crippen LogP contribution is -1.94. The number of pyridine rings is 1.